The van der Waals surface area contributed by atoms with E-state index in [9.17, 15) is 0 Å². The van der Waals surface area contributed by atoms with E-state index in [-0.39, 0.29) is 6.61 Å². The van der Waals surface area contributed by atoms with Gasteiger partial charge >= 0.3 is 0 Å². The van der Waals surface area contributed by atoms with E-state index in [0.29, 0.717) is 6.54 Å². The van der Waals surface area contributed by atoms with Crippen molar-refractivity contribution in [3.8, 4) is 11.1 Å². The number of aliphatic hydroxyl groups excluding tert-OH is 1. The lowest BCUT2D eigenvalue weighted by Gasteiger charge is -2.08. The van der Waals surface area contributed by atoms with Gasteiger partial charge in [-0.2, -0.15) is 0 Å². The zero-order valence-electron chi connectivity index (χ0n) is 9.85. The topological polar surface area (TPSA) is 45.2 Å². The van der Waals surface area contributed by atoms with Gasteiger partial charge in [0.05, 0.1) is 6.61 Å². The summed E-state index contributed by atoms with van der Waals surface area (Å²) < 4.78 is 0. The molecule has 1 aromatic heterocycles. The first-order chi connectivity index (χ1) is 8.31. The molecular formula is C14H16N2O. The highest BCUT2D eigenvalue weighted by Gasteiger charge is 2.02. The number of nitrogens with zero attached hydrogens (tertiary/aromatic N) is 1. The Labute approximate surface area is 101 Å². The van der Waals surface area contributed by atoms with Gasteiger partial charge in [0.25, 0.3) is 0 Å². The lowest BCUT2D eigenvalue weighted by Crippen LogP contribution is -2.06. The molecule has 0 aliphatic heterocycles. The molecule has 0 saturated heterocycles. The monoisotopic (exact) mass is 228 g/mol. The first-order valence-corrected chi connectivity index (χ1v) is 5.68. The van der Waals surface area contributed by atoms with Crippen molar-refractivity contribution in [1.29, 1.82) is 0 Å². The molecule has 17 heavy (non-hydrogen) atoms. The fourth-order valence-corrected chi connectivity index (χ4v) is 1.78. The van der Waals surface area contributed by atoms with E-state index < -0.39 is 0 Å². The molecule has 0 bridgehead atoms. The number of pyridine rings is 1. The Kier molecular flexibility index (Phi) is 3.73. The summed E-state index contributed by atoms with van der Waals surface area (Å²) in [7, 11) is 0. The van der Waals surface area contributed by atoms with E-state index in [0.717, 1.165) is 11.4 Å². The smallest absolute Gasteiger partial charge is 0.126 e. The zero-order valence-corrected chi connectivity index (χ0v) is 9.85. The highest BCUT2D eigenvalue weighted by Crippen LogP contribution is 2.24. The van der Waals surface area contributed by atoms with Crippen molar-refractivity contribution in [3.63, 3.8) is 0 Å². The minimum Gasteiger partial charge on any atom is -0.395 e. The molecule has 0 spiro atoms. The standard InChI is InChI=1S/C14H16N2O/c1-11-4-2-3-5-13(11)12-6-7-15-14(10-12)16-8-9-17/h2-7,10,17H,8-9H2,1H3,(H,15,16). The maximum atomic E-state index is 8.77. The number of hydrogen-bond donors (Lipinski definition) is 2. The maximum absolute atomic E-state index is 8.77. The van der Waals surface area contributed by atoms with Crippen LogP contribution in [-0.2, 0) is 0 Å². The molecule has 0 aliphatic rings. The van der Waals surface area contributed by atoms with Crippen LogP contribution in [0.4, 0.5) is 5.82 Å². The molecule has 2 rings (SSSR count). The van der Waals surface area contributed by atoms with Crippen molar-refractivity contribution < 1.29 is 5.11 Å². The molecule has 2 N–H and O–H groups in total. The summed E-state index contributed by atoms with van der Waals surface area (Å²) in [6.07, 6.45) is 1.78. The van der Waals surface area contributed by atoms with Crippen molar-refractivity contribution in [2.45, 2.75) is 6.92 Å². The Morgan fingerprint density at radius 1 is 1.24 bits per heavy atom. The van der Waals surface area contributed by atoms with Gasteiger partial charge in [-0.05, 0) is 35.7 Å². The van der Waals surface area contributed by atoms with Crippen LogP contribution in [0.15, 0.2) is 42.6 Å². The molecule has 0 radical (unpaired) electrons. The number of aryl methyl sites for hydroxylation is 1. The number of anilines is 1. The van der Waals surface area contributed by atoms with Gasteiger partial charge in [-0.3, -0.25) is 0 Å². The van der Waals surface area contributed by atoms with Crippen LogP contribution in [0.1, 0.15) is 5.56 Å². The average Bonchev–Trinajstić information content (AvgIpc) is 2.37. The number of aliphatic hydroxyl groups is 1. The normalized spacial score (nSPS) is 10.2. The first kappa shape index (κ1) is 11.6. The molecule has 0 saturated carbocycles. The lowest BCUT2D eigenvalue weighted by molar-refractivity contribution is 0.311. The van der Waals surface area contributed by atoms with Crippen LogP contribution >= 0.6 is 0 Å². The van der Waals surface area contributed by atoms with Crippen molar-refractivity contribution in [2.75, 3.05) is 18.5 Å². The third-order valence-corrected chi connectivity index (χ3v) is 2.63. The third-order valence-electron chi connectivity index (χ3n) is 2.63. The molecule has 0 amide bonds. The van der Waals surface area contributed by atoms with E-state index in [4.69, 9.17) is 5.11 Å². The zero-order chi connectivity index (χ0) is 12.1. The van der Waals surface area contributed by atoms with Gasteiger partial charge in [0, 0.05) is 12.7 Å². The summed E-state index contributed by atoms with van der Waals surface area (Å²) in [4.78, 5) is 4.21. The van der Waals surface area contributed by atoms with Gasteiger partial charge in [0.2, 0.25) is 0 Å². The van der Waals surface area contributed by atoms with Gasteiger partial charge in [0.1, 0.15) is 5.82 Å². The van der Waals surface area contributed by atoms with Crippen molar-refractivity contribution >= 4 is 5.82 Å². The fourth-order valence-electron chi connectivity index (χ4n) is 1.78. The Balaban J connectivity index is 2.30. The summed E-state index contributed by atoms with van der Waals surface area (Å²) in [5.41, 5.74) is 3.59. The molecule has 0 unspecified atom stereocenters. The predicted octanol–water partition coefficient (Wildman–Crippen LogP) is 2.46. The molecule has 0 aliphatic carbocycles. The van der Waals surface area contributed by atoms with Crippen LogP contribution in [0, 0.1) is 6.92 Å². The highest BCUT2D eigenvalue weighted by atomic mass is 16.3. The minimum absolute atomic E-state index is 0.107. The van der Waals surface area contributed by atoms with E-state index in [1.165, 1.54) is 11.1 Å². The Morgan fingerprint density at radius 3 is 2.82 bits per heavy atom. The van der Waals surface area contributed by atoms with E-state index in [1.807, 2.05) is 24.3 Å². The van der Waals surface area contributed by atoms with Gasteiger partial charge < -0.3 is 10.4 Å². The Hall–Kier alpha value is -1.87. The van der Waals surface area contributed by atoms with Gasteiger partial charge in [-0.1, -0.05) is 24.3 Å². The van der Waals surface area contributed by atoms with Gasteiger partial charge in [-0.15, -0.1) is 0 Å². The maximum Gasteiger partial charge on any atom is 0.126 e. The van der Waals surface area contributed by atoms with Gasteiger partial charge in [0.15, 0.2) is 0 Å². The van der Waals surface area contributed by atoms with Crippen molar-refractivity contribution in [2.24, 2.45) is 0 Å². The predicted molar refractivity (Wildman–Crippen MR) is 70.0 cm³/mol. The minimum atomic E-state index is 0.107. The molecule has 88 valence electrons. The number of aromatic nitrogens is 1. The average molecular weight is 228 g/mol. The quantitative estimate of drug-likeness (QED) is 0.845. The SMILES string of the molecule is Cc1ccccc1-c1ccnc(NCCO)c1. The number of benzene rings is 1. The Bertz CT molecular complexity index is 497. The molecular weight excluding hydrogens is 212 g/mol. The molecule has 2 aromatic rings. The summed E-state index contributed by atoms with van der Waals surface area (Å²) in [6, 6.07) is 12.2. The summed E-state index contributed by atoms with van der Waals surface area (Å²) >= 11 is 0. The van der Waals surface area contributed by atoms with Crippen LogP contribution in [0.3, 0.4) is 0 Å². The van der Waals surface area contributed by atoms with E-state index >= 15 is 0 Å². The van der Waals surface area contributed by atoms with Crippen LogP contribution in [0.2, 0.25) is 0 Å². The van der Waals surface area contributed by atoms with Crippen LogP contribution in [0.25, 0.3) is 11.1 Å². The second-order valence-corrected chi connectivity index (χ2v) is 3.90. The van der Waals surface area contributed by atoms with Gasteiger partial charge in [-0.25, -0.2) is 4.98 Å². The van der Waals surface area contributed by atoms with E-state index in [2.05, 4.69) is 29.4 Å². The lowest BCUT2D eigenvalue weighted by atomic mass is 10.0. The van der Waals surface area contributed by atoms with Crippen LogP contribution in [0.5, 0.6) is 0 Å². The van der Waals surface area contributed by atoms with Crippen molar-refractivity contribution in [3.05, 3.63) is 48.2 Å². The summed E-state index contributed by atoms with van der Waals surface area (Å²) in [6.45, 7) is 2.72. The van der Waals surface area contributed by atoms with E-state index in [1.54, 1.807) is 6.20 Å². The molecule has 0 fully saturated rings. The molecule has 3 heteroatoms. The van der Waals surface area contributed by atoms with Crippen LogP contribution < -0.4 is 5.32 Å². The molecule has 1 heterocycles. The molecule has 3 nitrogen and oxygen atoms in total. The summed E-state index contributed by atoms with van der Waals surface area (Å²) in [5, 5.41) is 11.8. The molecule has 0 atom stereocenters. The second kappa shape index (κ2) is 5.46. The van der Waals surface area contributed by atoms with Crippen LogP contribution in [-0.4, -0.2) is 23.2 Å². The number of hydrogen-bond acceptors (Lipinski definition) is 3. The first-order valence-electron chi connectivity index (χ1n) is 5.68. The number of nitrogens with one attached hydrogen (secondary N) is 1. The second-order valence-electron chi connectivity index (χ2n) is 3.90. The Morgan fingerprint density at radius 2 is 2.06 bits per heavy atom. The third kappa shape index (κ3) is 2.82. The highest BCUT2D eigenvalue weighted by molar-refractivity contribution is 5.69. The largest absolute Gasteiger partial charge is 0.395 e. The molecule has 1 aromatic carbocycles. The fraction of sp³-hybridized carbons (Fsp3) is 0.214. The van der Waals surface area contributed by atoms with Crippen molar-refractivity contribution in [1.82, 2.24) is 4.98 Å². The summed E-state index contributed by atoms with van der Waals surface area (Å²) in [5.74, 6) is 0.791. The number of rotatable bonds is 4.